The number of hydrogen-bond acceptors (Lipinski definition) is 4. The highest BCUT2D eigenvalue weighted by Gasteiger charge is 2.30. The van der Waals surface area contributed by atoms with Gasteiger partial charge >= 0.3 is 0 Å². The zero-order chi connectivity index (χ0) is 36.9. The minimum absolute atomic E-state index is 0.126. The molecule has 9 heteroatoms. The number of carbonyl (C=O) groups is 2. The molecule has 0 radical (unpaired) electrons. The lowest BCUT2D eigenvalue weighted by atomic mass is 9.68. The molecule has 1 aliphatic carbocycles. The lowest BCUT2D eigenvalue weighted by Crippen LogP contribution is -2.28. The van der Waals surface area contributed by atoms with E-state index in [9.17, 15) is 18.0 Å². The second-order valence-corrected chi connectivity index (χ2v) is 17.1. The van der Waals surface area contributed by atoms with E-state index in [0.717, 1.165) is 45.0 Å². The molecule has 0 heterocycles. The van der Waals surface area contributed by atoms with E-state index in [2.05, 4.69) is 61.7 Å². The van der Waals surface area contributed by atoms with Crippen molar-refractivity contribution < 1.29 is 22.6 Å². The largest absolute Gasteiger partial charge is 0.351 e. The Morgan fingerprint density at radius 2 is 1.53 bits per heavy atom. The van der Waals surface area contributed by atoms with Gasteiger partial charge in [0.1, 0.15) is 0 Å². The number of nitrogens with one attached hydrogen (secondary N) is 2. The van der Waals surface area contributed by atoms with E-state index in [-0.39, 0.29) is 12.5 Å². The van der Waals surface area contributed by atoms with E-state index in [1.54, 1.807) is 12.1 Å². The Morgan fingerprint density at radius 3 is 2.12 bits per heavy atom. The van der Waals surface area contributed by atoms with Crippen LogP contribution in [0, 0.1) is 25.2 Å². The van der Waals surface area contributed by atoms with Gasteiger partial charge in [0.25, 0.3) is 16.0 Å². The van der Waals surface area contributed by atoms with E-state index >= 15 is 0 Å². The summed E-state index contributed by atoms with van der Waals surface area (Å²) in [7, 11) is -4.17. The molecule has 0 aromatic heterocycles. The summed E-state index contributed by atoms with van der Waals surface area (Å²) < 4.78 is 31.0. The fraction of sp³-hybridized carbons (Fsp3) is 0.381. The Kier molecular flexibility index (Phi) is 12.1. The minimum Gasteiger partial charge on any atom is -0.351 e. The van der Waals surface area contributed by atoms with Crippen LogP contribution in [0.3, 0.4) is 0 Å². The van der Waals surface area contributed by atoms with Crippen molar-refractivity contribution in [2.24, 2.45) is 11.3 Å². The predicted molar refractivity (Wildman–Crippen MR) is 207 cm³/mol. The van der Waals surface area contributed by atoms with E-state index < -0.39 is 27.7 Å². The SMILES string of the molecule is Cc1cc(-c2ccc(Cl)cc2C)ccc1NC(=O)C(Cc1ccc(C(=O)NCCS(=O)(=O)O)cc1)c1ccc(C2CCC(C(C)(C)C)CC2)cc1. The summed E-state index contributed by atoms with van der Waals surface area (Å²) in [4.78, 5) is 26.7. The van der Waals surface area contributed by atoms with Gasteiger partial charge in [-0.1, -0.05) is 80.9 Å². The van der Waals surface area contributed by atoms with Crippen LogP contribution in [-0.2, 0) is 21.3 Å². The molecule has 3 N–H and O–H groups in total. The first-order valence-electron chi connectivity index (χ1n) is 17.7. The number of halogens is 1. The Bertz CT molecular complexity index is 1960. The van der Waals surface area contributed by atoms with Crippen LogP contribution in [0.5, 0.6) is 0 Å². The first-order chi connectivity index (χ1) is 24.1. The standard InChI is InChI=1S/C42H49ClN2O5S/c1-27-25-36(43)19-20-37(27)34-16-21-39(28(2)24-34)45-41(47)38(26-29-6-8-33(9-7-29)40(46)44-22-23-51(48,49)50)32-12-10-30(11-13-32)31-14-17-35(18-15-31)42(3,4)5/h6-13,16,19-21,24-25,31,35,38H,14-15,17-18,22-23,26H2,1-5H3,(H,44,46)(H,45,47)(H,48,49,50). The van der Waals surface area contributed by atoms with Crippen molar-refractivity contribution >= 4 is 39.2 Å². The van der Waals surface area contributed by atoms with Crippen LogP contribution in [0.25, 0.3) is 11.1 Å². The van der Waals surface area contributed by atoms with Crippen molar-refractivity contribution in [1.29, 1.82) is 0 Å². The average molecular weight is 729 g/mol. The molecule has 1 aliphatic rings. The smallest absolute Gasteiger partial charge is 0.266 e. The van der Waals surface area contributed by atoms with E-state index in [4.69, 9.17) is 16.2 Å². The lowest BCUT2D eigenvalue weighted by Gasteiger charge is -2.37. The van der Waals surface area contributed by atoms with E-state index in [0.29, 0.717) is 28.3 Å². The van der Waals surface area contributed by atoms with Crippen LogP contribution in [0.2, 0.25) is 5.02 Å². The molecule has 1 saturated carbocycles. The fourth-order valence-electron chi connectivity index (χ4n) is 7.22. The van der Waals surface area contributed by atoms with Gasteiger partial charge in [0.05, 0.1) is 11.7 Å². The highest BCUT2D eigenvalue weighted by atomic mass is 35.5. The summed E-state index contributed by atoms with van der Waals surface area (Å²) in [6.07, 6.45) is 5.21. The van der Waals surface area contributed by atoms with Crippen LogP contribution < -0.4 is 10.6 Å². The van der Waals surface area contributed by atoms with Crippen molar-refractivity contribution in [3.8, 4) is 11.1 Å². The van der Waals surface area contributed by atoms with Crippen LogP contribution in [0.4, 0.5) is 5.69 Å². The van der Waals surface area contributed by atoms with Gasteiger partial charge in [-0.25, -0.2) is 0 Å². The quantitative estimate of drug-likeness (QED) is 0.133. The lowest BCUT2D eigenvalue weighted by molar-refractivity contribution is -0.117. The molecule has 4 aromatic carbocycles. The van der Waals surface area contributed by atoms with Crippen LogP contribution in [0.15, 0.2) is 84.9 Å². The zero-order valence-electron chi connectivity index (χ0n) is 30.1. The van der Waals surface area contributed by atoms with Crippen molar-refractivity contribution in [2.75, 3.05) is 17.6 Å². The maximum atomic E-state index is 14.1. The van der Waals surface area contributed by atoms with Crippen molar-refractivity contribution in [2.45, 2.75) is 78.6 Å². The third-order valence-corrected chi connectivity index (χ3v) is 11.3. The molecule has 1 fully saturated rings. The average Bonchev–Trinajstić information content (AvgIpc) is 3.07. The van der Waals surface area contributed by atoms with Crippen molar-refractivity contribution in [3.05, 3.63) is 123 Å². The highest BCUT2D eigenvalue weighted by Crippen LogP contribution is 2.43. The maximum absolute atomic E-state index is 14.1. The van der Waals surface area contributed by atoms with Gasteiger partial charge in [-0.3, -0.25) is 14.1 Å². The van der Waals surface area contributed by atoms with E-state index in [1.807, 2.05) is 56.3 Å². The molecule has 4 aromatic rings. The Hall–Kier alpha value is -3.98. The van der Waals surface area contributed by atoms with Crippen LogP contribution in [-0.4, -0.2) is 37.1 Å². The number of amides is 2. The highest BCUT2D eigenvalue weighted by molar-refractivity contribution is 7.85. The van der Waals surface area contributed by atoms with E-state index in [1.165, 1.54) is 31.2 Å². The van der Waals surface area contributed by atoms with Gasteiger partial charge in [-0.15, -0.1) is 0 Å². The third-order valence-electron chi connectivity index (χ3n) is 10.4. The van der Waals surface area contributed by atoms with Crippen molar-refractivity contribution in [3.63, 3.8) is 0 Å². The second-order valence-electron chi connectivity index (χ2n) is 15.1. The number of anilines is 1. The molecule has 2 amide bonds. The predicted octanol–water partition coefficient (Wildman–Crippen LogP) is 9.53. The molecule has 270 valence electrons. The Morgan fingerprint density at radius 1 is 0.863 bits per heavy atom. The van der Waals surface area contributed by atoms with Crippen LogP contribution >= 0.6 is 11.6 Å². The summed E-state index contributed by atoms with van der Waals surface area (Å²) >= 11 is 6.19. The Balaban J connectivity index is 1.35. The normalized spacial score (nSPS) is 17.1. The topological polar surface area (TPSA) is 113 Å². The van der Waals surface area contributed by atoms with Gasteiger partial charge in [0.2, 0.25) is 5.91 Å². The van der Waals surface area contributed by atoms with Gasteiger partial charge < -0.3 is 10.6 Å². The van der Waals surface area contributed by atoms with Gasteiger partial charge in [-0.2, -0.15) is 8.42 Å². The second kappa shape index (κ2) is 16.1. The summed E-state index contributed by atoms with van der Waals surface area (Å²) in [5.74, 6) is -0.372. The first-order valence-corrected chi connectivity index (χ1v) is 19.7. The van der Waals surface area contributed by atoms with Gasteiger partial charge in [-0.05, 0) is 139 Å². The van der Waals surface area contributed by atoms with Gasteiger partial charge in [0, 0.05) is 22.8 Å². The summed E-state index contributed by atoms with van der Waals surface area (Å²) in [5, 5.41) is 6.40. The molecule has 0 bridgehead atoms. The number of hydrogen-bond donors (Lipinski definition) is 3. The molecule has 5 rings (SSSR count). The number of rotatable bonds is 11. The molecule has 0 aliphatic heterocycles. The molecule has 1 atom stereocenters. The van der Waals surface area contributed by atoms with Crippen LogP contribution in [0.1, 0.15) is 96.5 Å². The molecular formula is C42H49ClN2O5S. The summed E-state index contributed by atoms with van der Waals surface area (Å²) in [5.41, 5.74) is 8.68. The number of carbonyl (C=O) groups excluding carboxylic acids is 2. The molecule has 7 nitrogen and oxygen atoms in total. The zero-order valence-corrected chi connectivity index (χ0v) is 31.7. The minimum atomic E-state index is -4.17. The number of aryl methyl sites for hydroxylation is 2. The summed E-state index contributed by atoms with van der Waals surface area (Å²) in [6, 6.07) is 27.4. The molecular weight excluding hydrogens is 680 g/mol. The monoisotopic (exact) mass is 728 g/mol. The maximum Gasteiger partial charge on any atom is 0.266 e. The third kappa shape index (κ3) is 10.3. The van der Waals surface area contributed by atoms with Crippen molar-refractivity contribution in [1.82, 2.24) is 5.32 Å². The molecule has 1 unspecified atom stereocenters. The molecule has 0 spiro atoms. The molecule has 0 saturated heterocycles. The molecule has 51 heavy (non-hydrogen) atoms. The van der Waals surface area contributed by atoms with Gasteiger partial charge in [0.15, 0.2) is 0 Å². The number of benzene rings is 4. The Labute approximate surface area is 308 Å². The fourth-order valence-corrected chi connectivity index (χ4v) is 7.81. The first kappa shape index (κ1) is 38.3. The summed E-state index contributed by atoms with van der Waals surface area (Å²) in [6.45, 7) is 10.8.